The number of rotatable bonds is 3. The topological polar surface area (TPSA) is 73.2 Å². The van der Waals surface area contributed by atoms with Crippen molar-refractivity contribution in [3.63, 3.8) is 0 Å². The van der Waals surface area contributed by atoms with E-state index in [9.17, 15) is 4.79 Å². The first kappa shape index (κ1) is 13.8. The maximum absolute atomic E-state index is 11.5. The number of benzene rings is 1. The molecule has 5 nitrogen and oxygen atoms in total. The van der Waals surface area contributed by atoms with E-state index in [0.717, 1.165) is 41.7 Å². The zero-order chi connectivity index (χ0) is 15.8. The van der Waals surface area contributed by atoms with Crippen LogP contribution < -0.4 is 11.1 Å². The Morgan fingerprint density at radius 1 is 1.30 bits per heavy atom. The predicted molar refractivity (Wildman–Crippen MR) is 89.5 cm³/mol. The van der Waals surface area contributed by atoms with Crippen molar-refractivity contribution in [2.24, 2.45) is 5.73 Å². The number of amides is 1. The molecule has 5 heteroatoms. The minimum absolute atomic E-state index is 0.409. The molecule has 3 N–H and O–H groups in total. The Morgan fingerprint density at radius 2 is 2.22 bits per heavy atom. The van der Waals surface area contributed by atoms with Crippen molar-refractivity contribution in [3.05, 3.63) is 60.2 Å². The van der Waals surface area contributed by atoms with Crippen molar-refractivity contribution >= 4 is 22.4 Å². The van der Waals surface area contributed by atoms with Crippen molar-refractivity contribution < 1.29 is 9.21 Å². The lowest BCUT2D eigenvalue weighted by Crippen LogP contribution is -2.19. The standard InChI is InChI=1S/C18H17N3O2/c19-18(22)13-1-2-17-15(9-13)16(12-3-6-20-7-4-12)10-21(17)14-5-8-23-11-14/h1-3,5,8-11,20H,4,6-7H2,(H2,19,22). The molecule has 3 aromatic rings. The van der Waals surface area contributed by atoms with E-state index < -0.39 is 5.91 Å². The van der Waals surface area contributed by atoms with Crippen LogP contribution in [-0.2, 0) is 0 Å². The third-order valence-electron chi connectivity index (χ3n) is 4.28. The van der Waals surface area contributed by atoms with Crippen molar-refractivity contribution in [2.45, 2.75) is 6.42 Å². The second-order valence-electron chi connectivity index (χ2n) is 5.67. The maximum atomic E-state index is 11.5. The van der Waals surface area contributed by atoms with Gasteiger partial charge in [0.1, 0.15) is 6.26 Å². The Kier molecular flexibility index (Phi) is 3.28. The Hall–Kier alpha value is -2.79. The summed E-state index contributed by atoms with van der Waals surface area (Å²) in [5, 5.41) is 4.36. The van der Waals surface area contributed by atoms with Gasteiger partial charge < -0.3 is 20.0 Å². The molecule has 116 valence electrons. The Labute approximate surface area is 133 Å². The molecule has 3 heterocycles. The minimum Gasteiger partial charge on any atom is -0.470 e. The largest absolute Gasteiger partial charge is 0.470 e. The molecule has 23 heavy (non-hydrogen) atoms. The van der Waals surface area contributed by atoms with Crippen LogP contribution in [0.1, 0.15) is 22.3 Å². The summed E-state index contributed by atoms with van der Waals surface area (Å²) in [6.45, 7) is 1.82. The summed E-state index contributed by atoms with van der Waals surface area (Å²) in [6, 6.07) is 7.50. The van der Waals surface area contributed by atoms with Crippen LogP contribution in [0.2, 0.25) is 0 Å². The van der Waals surface area contributed by atoms with Gasteiger partial charge in [0.25, 0.3) is 0 Å². The minimum atomic E-state index is -0.409. The molecule has 4 rings (SSSR count). The molecule has 0 saturated carbocycles. The van der Waals surface area contributed by atoms with Crippen LogP contribution in [0.15, 0.2) is 53.5 Å². The van der Waals surface area contributed by atoms with Crippen LogP contribution in [0, 0.1) is 0 Å². The second-order valence-corrected chi connectivity index (χ2v) is 5.67. The fourth-order valence-corrected chi connectivity index (χ4v) is 3.11. The number of furan rings is 1. The van der Waals surface area contributed by atoms with E-state index in [1.165, 1.54) is 5.57 Å². The fourth-order valence-electron chi connectivity index (χ4n) is 3.11. The lowest BCUT2D eigenvalue weighted by atomic mass is 9.99. The van der Waals surface area contributed by atoms with Crippen molar-refractivity contribution in [1.82, 2.24) is 9.88 Å². The molecule has 1 aliphatic heterocycles. The molecule has 0 unspecified atom stereocenters. The highest BCUT2D eigenvalue weighted by atomic mass is 16.3. The first-order valence-electron chi connectivity index (χ1n) is 7.61. The smallest absolute Gasteiger partial charge is 0.248 e. The van der Waals surface area contributed by atoms with E-state index in [2.05, 4.69) is 22.2 Å². The number of aromatic nitrogens is 1. The summed E-state index contributed by atoms with van der Waals surface area (Å²) < 4.78 is 7.30. The van der Waals surface area contributed by atoms with Crippen LogP contribution in [0.4, 0.5) is 0 Å². The van der Waals surface area contributed by atoms with Gasteiger partial charge in [0.2, 0.25) is 5.91 Å². The highest BCUT2D eigenvalue weighted by Gasteiger charge is 2.16. The SMILES string of the molecule is NC(=O)c1ccc2c(c1)c(C1=CCNCC1)cn2-c1ccoc1. The van der Waals surface area contributed by atoms with Gasteiger partial charge in [-0.1, -0.05) is 6.08 Å². The van der Waals surface area contributed by atoms with Crippen LogP contribution >= 0.6 is 0 Å². The molecule has 0 radical (unpaired) electrons. The van der Waals surface area contributed by atoms with Gasteiger partial charge in [-0.2, -0.15) is 0 Å². The van der Waals surface area contributed by atoms with Crippen LogP contribution in [0.25, 0.3) is 22.2 Å². The molecule has 0 atom stereocenters. The number of primary amides is 1. The fraction of sp³-hybridized carbons (Fsp3) is 0.167. The van der Waals surface area contributed by atoms with E-state index in [4.69, 9.17) is 10.2 Å². The first-order chi connectivity index (χ1) is 11.2. The van der Waals surface area contributed by atoms with Crippen LogP contribution in [0.5, 0.6) is 0 Å². The summed E-state index contributed by atoms with van der Waals surface area (Å²) in [5.41, 5.74) is 10.4. The molecule has 2 aromatic heterocycles. The molecule has 0 spiro atoms. The molecular weight excluding hydrogens is 290 g/mol. The number of fused-ring (bicyclic) bond motifs is 1. The van der Waals surface area contributed by atoms with Gasteiger partial charge in [-0.25, -0.2) is 0 Å². The lowest BCUT2D eigenvalue weighted by Gasteiger charge is -2.13. The summed E-state index contributed by atoms with van der Waals surface area (Å²) in [7, 11) is 0. The van der Waals surface area contributed by atoms with Gasteiger partial charge in [-0.15, -0.1) is 0 Å². The summed E-state index contributed by atoms with van der Waals surface area (Å²) in [6.07, 6.45) is 8.64. The zero-order valence-corrected chi connectivity index (χ0v) is 12.6. The van der Waals surface area contributed by atoms with Gasteiger partial charge in [-0.3, -0.25) is 4.79 Å². The third kappa shape index (κ3) is 2.35. The van der Waals surface area contributed by atoms with Gasteiger partial charge in [-0.05, 0) is 36.7 Å². The number of nitrogens with zero attached hydrogens (tertiary/aromatic N) is 1. The second kappa shape index (κ2) is 5.44. The zero-order valence-electron chi connectivity index (χ0n) is 12.6. The van der Waals surface area contributed by atoms with Gasteiger partial charge in [0.05, 0.1) is 17.5 Å². The van der Waals surface area contributed by atoms with E-state index in [0.29, 0.717) is 5.56 Å². The lowest BCUT2D eigenvalue weighted by molar-refractivity contribution is 0.100. The van der Waals surface area contributed by atoms with Crippen LogP contribution in [0.3, 0.4) is 0 Å². The number of carbonyl (C=O) groups excluding carboxylic acids is 1. The molecule has 0 bridgehead atoms. The maximum Gasteiger partial charge on any atom is 0.248 e. The molecule has 0 saturated heterocycles. The first-order valence-corrected chi connectivity index (χ1v) is 7.61. The summed E-state index contributed by atoms with van der Waals surface area (Å²) in [5.74, 6) is -0.409. The van der Waals surface area contributed by atoms with Gasteiger partial charge in [0, 0.05) is 35.3 Å². The van der Waals surface area contributed by atoms with Gasteiger partial charge >= 0.3 is 0 Å². The highest BCUT2D eigenvalue weighted by molar-refractivity contribution is 6.01. The van der Waals surface area contributed by atoms with E-state index in [-0.39, 0.29) is 0 Å². The molecule has 0 aliphatic carbocycles. The van der Waals surface area contributed by atoms with E-state index in [1.54, 1.807) is 18.6 Å². The van der Waals surface area contributed by atoms with Gasteiger partial charge in [0.15, 0.2) is 0 Å². The average Bonchev–Trinajstić information content (AvgIpc) is 3.22. The quantitative estimate of drug-likeness (QED) is 0.781. The molecular formula is C18H17N3O2. The van der Waals surface area contributed by atoms with Crippen molar-refractivity contribution in [1.29, 1.82) is 0 Å². The summed E-state index contributed by atoms with van der Waals surface area (Å²) in [4.78, 5) is 11.5. The van der Waals surface area contributed by atoms with Crippen molar-refractivity contribution in [2.75, 3.05) is 13.1 Å². The Morgan fingerprint density at radius 3 is 2.91 bits per heavy atom. The Balaban J connectivity index is 1.98. The number of nitrogens with two attached hydrogens (primary N) is 1. The number of carbonyl (C=O) groups is 1. The molecule has 1 aliphatic rings. The van der Waals surface area contributed by atoms with E-state index in [1.807, 2.05) is 18.2 Å². The van der Waals surface area contributed by atoms with Crippen molar-refractivity contribution in [3.8, 4) is 5.69 Å². The molecule has 1 aromatic carbocycles. The Bertz CT molecular complexity index is 904. The average molecular weight is 307 g/mol. The normalized spacial score (nSPS) is 14.9. The number of nitrogens with one attached hydrogen (secondary N) is 1. The monoisotopic (exact) mass is 307 g/mol. The summed E-state index contributed by atoms with van der Waals surface area (Å²) >= 11 is 0. The third-order valence-corrected chi connectivity index (χ3v) is 4.28. The molecule has 1 amide bonds. The predicted octanol–water partition coefficient (Wildman–Crippen LogP) is 2.70. The number of hydrogen-bond acceptors (Lipinski definition) is 3. The highest BCUT2D eigenvalue weighted by Crippen LogP contribution is 2.32. The van der Waals surface area contributed by atoms with Crippen LogP contribution in [-0.4, -0.2) is 23.6 Å². The number of hydrogen-bond donors (Lipinski definition) is 2. The molecule has 0 fully saturated rings. The van der Waals surface area contributed by atoms with E-state index >= 15 is 0 Å².